The molecule has 2 aromatic carbocycles. The Labute approximate surface area is 157 Å². The molecule has 0 aromatic heterocycles. The highest BCUT2D eigenvalue weighted by atomic mass is 35.5. The topological polar surface area (TPSA) is 81.5 Å². The Morgan fingerprint density at radius 3 is 2.08 bits per heavy atom. The largest absolute Gasteiger partial charge is 0.336 e. The second kappa shape index (κ2) is 7.46. The number of hydrogen-bond donors (Lipinski definition) is 0. The number of amides is 1. The summed E-state index contributed by atoms with van der Waals surface area (Å²) in [6.07, 6.45) is 0. The maximum absolute atomic E-state index is 12.7. The van der Waals surface area contributed by atoms with E-state index in [0.717, 1.165) is 0 Å². The molecule has 0 spiro atoms. The molecule has 0 unspecified atom stereocenters. The Morgan fingerprint density at radius 1 is 0.962 bits per heavy atom. The van der Waals surface area contributed by atoms with E-state index in [4.69, 9.17) is 16.9 Å². The number of rotatable bonds is 3. The molecule has 8 heteroatoms. The molecule has 0 saturated carbocycles. The number of carbonyl (C=O) groups excluding carboxylic acids is 1. The van der Waals surface area contributed by atoms with Gasteiger partial charge in [-0.05, 0) is 48.5 Å². The second-order valence-electron chi connectivity index (χ2n) is 5.84. The summed E-state index contributed by atoms with van der Waals surface area (Å²) in [7, 11) is -3.64. The van der Waals surface area contributed by atoms with E-state index in [1.54, 1.807) is 29.2 Å². The SMILES string of the molecule is N#Cc1ccc(S(=O)(=O)N2CCN(C(=O)c3ccc(Cl)cc3)CC2)cc1. The summed E-state index contributed by atoms with van der Waals surface area (Å²) in [6, 6.07) is 14.4. The Kier molecular flexibility index (Phi) is 5.28. The molecule has 0 atom stereocenters. The molecule has 3 rings (SSSR count). The quantitative estimate of drug-likeness (QED) is 0.806. The van der Waals surface area contributed by atoms with E-state index in [-0.39, 0.29) is 23.9 Å². The predicted octanol–water partition coefficient (Wildman–Crippen LogP) is 2.36. The van der Waals surface area contributed by atoms with Gasteiger partial charge in [0.25, 0.3) is 5.91 Å². The van der Waals surface area contributed by atoms with Crippen LogP contribution in [0.2, 0.25) is 5.02 Å². The van der Waals surface area contributed by atoms with Crippen molar-refractivity contribution in [3.05, 3.63) is 64.7 Å². The van der Waals surface area contributed by atoms with E-state index in [2.05, 4.69) is 0 Å². The molecule has 26 heavy (non-hydrogen) atoms. The Hall–Kier alpha value is -2.40. The first-order valence-corrected chi connectivity index (χ1v) is 9.79. The summed E-state index contributed by atoms with van der Waals surface area (Å²) in [5, 5.41) is 9.37. The summed E-state index contributed by atoms with van der Waals surface area (Å²) < 4.78 is 26.8. The number of nitriles is 1. The molecule has 2 aromatic rings. The lowest BCUT2D eigenvalue weighted by molar-refractivity contribution is 0.0698. The fourth-order valence-corrected chi connectivity index (χ4v) is 4.31. The number of benzene rings is 2. The van der Waals surface area contributed by atoms with Gasteiger partial charge in [0, 0.05) is 36.8 Å². The van der Waals surface area contributed by atoms with E-state index >= 15 is 0 Å². The zero-order chi connectivity index (χ0) is 18.7. The van der Waals surface area contributed by atoms with Crippen LogP contribution in [0.25, 0.3) is 0 Å². The zero-order valence-electron chi connectivity index (χ0n) is 13.8. The van der Waals surface area contributed by atoms with Crippen molar-refractivity contribution in [1.82, 2.24) is 9.21 Å². The highest BCUT2D eigenvalue weighted by molar-refractivity contribution is 7.89. The highest BCUT2D eigenvalue weighted by Gasteiger charge is 2.30. The van der Waals surface area contributed by atoms with Crippen molar-refractivity contribution in [2.45, 2.75) is 4.90 Å². The average Bonchev–Trinajstić information content (AvgIpc) is 2.68. The maximum atomic E-state index is 12.7. The van der Waals surface area contributed by atoms with Crippen molar-refractivity contribution < 1.29 is 13.2 Å². The van der Waals surface area contributed by atoms with Crippen LogP contribution in [0.1, 0.15) is 15.9 Å². The summed E-state index contributed by atoms with van der Waals surface area (Å²) in [5.74, 6) is -0.142. The van der Waals surface area contributed by atoms with Crippen LogP contribution in [0.3, 0.4) is 0 Å². The monoisotopic (exact) mass is 389 g/mol. The van der Waals surface area contributed by atoms with E-state index in [9.17, 15) is 13.2 Å². The molecular weight excluding hydrogens is 374 g/mol. The van der Waals surface area contributed by atoms with Crippen LogP contribution in [0.15, 0.2) is 53.4 Å². The van der Waals surface area contributed by atoms with Gasteiger partial charge in [-0.3, -0.25) is 4.79 Å². The first-order chi connectivity index (χ1) is 12.4. The third-order valence-corrected chi connectivity index (χ3v) is 6.40. The number of halogens is 1. The zero-order valence-corrected chi connectivity index (χ0v) is 15.4. The van der Waals surface area contributed by atoms with Crippen molar-refractivity contribution in [3.8, 4) is 6.07 Å². The van der Waals surface area contributed by atoms with Crippen LogP contribution < -0.4 is 0 Å². The summed E-state index contributed by atoms with van der Waals surface area (Å²) in [5.41, 5.74) is 0.931. The molecule has 0 N–H and O–H groups in total. The first-order valence-electron chi connectivity index (χ1n) is 7.97. The molecule has 1 fully saturated rings. The third kappa shape index (κ3) is 3.73. The van der Waals surface area contributed by atoms with Crippen LogP contribution in [-0.2, 0) is 10.0 Å². The van der Waals surface area contributed by atoms with Gasteiger partial charge in [-0.2, -0.15) is 9.57 Å². The van der Waals surface area contributed by atoms with Crippen LogP contribution >= 0.6 is 11.6 Å². The molecule has 1 saturated heterocycles. The Balaban J connectivity index is 1.68. The number of nitrogens with zero attached hydrogens (tertiary/aromatic N) is 3. The van der Waals surface area contributed by atoms with Crippen molar-refractivity contribution in [2.24, 2.45) is 0 Å². The summed E-state index contributed by atoms with van der Waals surface area (Å²) in [6.45, 7) is 1.08. The molecule has 0 bridgehead atoms. The van der Waals surface area contributed by atoms with E-state index in [0.29, 0.717) is 29.2 Å². The molecule has 1 heterocycles. The lowest BCUT2D eigenvalue weighted by Gasteiger charge is -2.34. The van der Waals surface area contributed by atoms with E-state index in [1.165, 1.54) is 28.6 Å². The fraction of sp³-hybridized carbons (Fsp3) is 0.222. The number of hydrogen-bond acceptors (Lipinski definition) is 4. The van der Waals surface area contributed by atoms with Gasteiger partial charge in [0.1, 0.15) is 0 Å². The van der Waals surface area contributed by atoms with Gasteiger partial charge in [0.05, 0.1) is 16.5 Å². The molecule has 6 nitrogen and oxygen atoms in total. The Bertz CT molecular complexity index is 943. The lowest BCUT2D eigenvalue weighted by atomic mass is 10.2. The van der Waals surface area contributed by atoms with Crippen LogP contribution in [0.5, 0.6) is 0 Å². The molecule has 134 valence electrons. The first kappa shape index (κ1) is 18.4. The maximum Gasteiger partial charge on any atom is 0.253 e. The van der Waals surface area contributed by atoms with Crippen LogP contribution in [0, 0.1) is 11.3 Å². The van der Waals surface area contributed by atoms with E-state index < -0.39 is 10.0 Å². The van der Waals surface area contributed by atoms with Gasteiger partial charge < -0.3 is 4.90 Å². The number of sulfonamides is 1. The van der Waals surface area contributed by atoms with Crippen molar-refractivity contribution in [1.29, 1.82) is 5.26 Å². The minimum Gasteiger partial charge on any atom is -0.336 e. The van der Waals surface area contributed by atoms with Gasteiger partial charge >= 0.3 is 0 Å². The van der Waals surface area contributed by atoms with Crippen LogP contribution in [-0.4, -0.2) is 49.7 Å². The highest BCUT2D eigenvalue weighted by Crippen LogP contribution is 2.19. The van der Waals surface area contributed by atoms with Gasteiger partial charge in [-0.15, -0.1) is 0 Å². The minimum absolute atomic E-state index is 0.142. The normalized spacial score (nSPS) is 15.5. The van der Waals surface area contributed by atoms with Gasteiger partial charge in [0.15, 0.2) is 0 Å². The average molecular weight is 390 g/mol. The van der Waals surface area contributed by atoms with Crippen molar-refractivity contribution in [3.63, 3.8) is 0 Å². The number of piperazine rings is 1. The lowest BCUT2D eigenvalue weighted by Crippen LogP contribution is -2.50. The molecule has 0 radical (unpaired) electrons. The summed E-state index contributed by atoms with van der Waals surface area (Å²) in [4.78, 5) is 14.3. The smallest absolute Gasteiger partial charge is 0.253 e. The van der Waals surface area contributed by atoms with Crippen molar-refractivity contribution in [2.75, 3.05) is 26.2 Å². The minimum atomic E-state index is -3.64. The standard InChI is InChI=1S/C18H16ClN3O3S/c19-16-5-3-15(4-6-16)18(23)21-9-11-22(12-10-21)26(24,25)17-7-1-14(13-20)2-8-17/h1-8H,9-12H2. The third-order valence-electron chi connectivity index (χ3n) is 4.24. The summed E-state index contributed by atoms with van der Waals surface area (Å²) >= 11 is 5.83. The molecule has 1 aliphatic rings. The van der Waals surface area contributed by atoms with Gasteiger partial charge in [-0.25, -0.2) is 8.42 Å². The molecule has 1 amide bonds. The van der Waals surface area contributed by atoms with Crippen molar-refractivity contribution >= 4 is 27.5 Å². The van der Waals surface area contributed by atoms with Gasteiger partial charge in [-0.1, -0.05) is 11.6 Å². The number of carbonyl (C=O) groups is 1. The molecule has 1 aliphatic heterocycles. The molecule has 0 aliphatic carbocycles. The van der Waals surface area contributed by atoms with E-state index in [1.807, 2.05) is 6.07 Å². The fourth-order valence-electron chi connectivity index (χ4n) is 2.76. The predicted molar refractivity (Wildman–Crippen MR) is 97.3 cm³/mol. The van der Waals surface area contributed by atoms with Crippen LogP contribution in [0.4, 0.5) is 0 Å². The molecular formula is C18H16ClN3O3S. The van der Waals surface area contributed by atoms with Gasteiger partial charge in [0.2, 0.25) is 10.0 Å². The second-order valence-corrected chi connectivity index (χ2v) is 8.21. The Morgan fingerprint density at radius 2 is 1.54 bits per heavy atom.